The maximum Gasteiger partial charge on any atom is 0.405 e. The lowest BCUT2D eigenvalue weighted by Gasteiger charge is -2.26. The Kier molecular flexibility index (Phi) is 5.33. The van der Waals surface area contributed by atoms with E-state index in [9.17, 15) is 13.2 Å². The number of nitrogens with one attached hydrogen (secondary N) is 1. The minimum absolute atomic E-state index is 0.112. The van der Waals surface area contributed by atoms with Crippen LogP contribution in [-0.2, 0) is 6.54 Å². The highest BCUT2D eigenvalue weighted by Gasteiger charge is 2.30. The molecule has 0 fully saturated rings. The molecular weight excluding hydrogens is 289 g/mol. The van der Waals surface area contributed by atoms with E-state index in [1.165, 1.54) is 11.9 Å². The van der Waals surface area contributed by atoms with Crippen LogP contribution in [0.3, 0.4) is 0 Å². The molecule has 0 aliphatic carbocycles. The number of alkyl halides is 3. The summed E-state index contributed by atoms with van der Waals surface area (Å²) in [5.74, 6) is 0. The summed E-state index contributed by atoms with van der Waals surface area (Å²) in [4.78, 5) is 1.17. The zero-order valence-electron chi connectivity index (χ0n) is 12.1. The number of rotatable bonds is 4. The highest BCUT2D eigenvalue weighted by atomic mass is 35.5. The molecular formula is C14H20ClF3N2. The van der Waals surface area contributed by atoms with Gasteiger partial charge in [-0.25, -0.2) is 0 Å². The van der Waals surface area contributed by atoms with E-state index in [2.05, 4.69) is 5.32 Å². The molecule has 0 heterocycles. The third-order valence-corrected chi connectivity index (χ3v) is 2.92. The van der Waals surface area contributed by atoms with Crippen LogP contribution >= 0.6 is 11.6 Å². The van der Waals surface area contributed by atoms with Gasteiger partial charge >= 0.3 is 6.18 Å². The van der Waals surface area contributed by atoms with E-state index in [0.29, 0.717) is 17.3 Å². The molecule has 20 heavy (non-hydrogen) atoms. The number of hydrogen-bond donors (Lipinski definition) is 1. The molecule has 0 spiro atoms. The molecule has 1 rings (SSSR count). The fraction of sp³-hybridized carbons (Fsp3) is 0.571. The Morgan fingerprint density at radius 1 is 1.20 bits per heavy atom. The molecule has 0 bridgehead atoms. The summed E-state index contributed by atoms with van der Waals surface area (Å²) in [6.07, 6.45) is -4.24. The third-order valence-electron chi connectivity index (χ3n) is 2.68. The number of benzene rings is 1. The van der Waals surface area contributed by atoms with Crippen molar-refractivity contribution in [1.29, 1.82) is 0 Å². The summed E-state index contributed by atoms with van der Waals surface area (Å²) in [6, 6.07) is 5.00. The smallest absolute Gasteiger partial charge is 0.365 e. The van der Waals surface area contributed by atoms with Gasteiger partial charge in [-0.2, -0.15) is 13.2 Å². The number of hydrogen-bond acceptors (Lipinski definition) is 2. The van der Waals surface area contributed by atoms with Crippen molar-refractivity contribution < 1.29 is 13.2 Å². The molecule has 1 N–H and O–H groups in total. The third kappa shape index (κ3) is 6.01. The Labute approximate surface area is 122 Å². The fourth-order valence-electron chi connectivity index (χ4n) is 1.76. The lowest BCUT2D eigenvalue weighted by atomic mass is 10.1. The molecule has 0 radical (unpaired) electrons. The monoisotopic (exact) mass is 308 g/mol. The average molecular weight is 309 g/mol. The van der Waals surface area contributed by atoms with Gasteiger partial charge in [-0.05, 0) is 38.5 Å². The van der Waals surface area contributed by atoms with Gasteiger partial charge in [-0.3, -0.25) is 0 Å². The van der Waals surface area contributed by atoms with Crippen molar-refractivity contribution in [3.05, 3.63) is 28.8 Å². The van der Waals surface area contributed by atoms with Gasteiger partial charge in [0.1, 0.15) is 6.54 Å². The molecule has 0 aliphatic rings. The lowest BCUT2D eigenvalue weighted by molar-refractivity contribution is -0.119. The van der Waals surface area contributed by atoms with E-state index in [-0.39, 0.29) is 5.54 Å². The van der Waals surface area contributed by atoms with Gasteiger partial charge in [0, 0.05) is 29.8 Å². The zero-order chi connectivity index (χ0) is 15.6. The first-order valence-electron chi connectivity index (χ1n) is 6.29. The maximum absolute atomic E-state index is 12.5. The number of halogens is 4. The lowest BCUT2D eigenvalue weighted by Crippen LogP contribution is -2.36. The second-order valence-corrected chi connectivity index (χ2v) is 6.28. The standard InChI is InChI=1S/C14H20ClF3N2/c1-13(2,3)19-8-10-5-6-11(15)7-12(10)20(4)9-14(16,17)18/h5-7,19H,8-9H2,1-4H3. The first-order valence-corrected chi connectivity index (χ1v) is 6.67. The van der Waals surface area contributed by atoms with Crippen molar-refractivity contribution in [1.82, 2.24) is 5.32 Å². The minimum atomic E-state index is -4.24. The molecule has 0 amide bonds. The Hall–Kier alpha value is -0.940. The summed E-state index contributed by atoms with van der Waals surface area (Å²) in [6.45, 7) is 5.49. The zero-order valence-corrected chi connectivity index (χ0v) is 12.9. The van der Waals surface area contributed by atoms with E-state index < -0.39 is 12.7 Å². The molecule has 0 aromatic heterocycles. The van der Waals surface area contributed by atoms with Gasteiger partial charge in [0.05, 0.1) is 0 Å². The van der Waals surface area contributed by atoms with Crippen molar-refractivity contribution in [2.45, 2.75) is 39.0 Å². The molecule has 0 unspecified atom stereocenters. The van der Waals surface area contributed by atoms with Crippen molar-refractivity contribution in [2.24, 2.45) is 0 Å². The van der Waals surface area contributed by atoms with E-state index in [4.69, 9.17) is 11.6 Å². The highest BCUT2D eigenvalue weighted by molar-refractivity contribution is 6.30. The Morgan fingerprint density at radius 3 is 2.30 bits per heavy atom. The Balaban J connectivity index is 2.95. The predicted octanol–water partition coefficient (Wildman–Crippen LogP) is 4.23. The summed E-state index contributed by atoms with van der Waals surface area (Å²) in [7, 11) is 1.42. The SMILES string of the molecule is CN(CC(F)(F)F)c1cc(Cl)ccc1CNC(C)(C)C. The second kappa shape index (κ2) is 6.22. The van der Waals surface area contributed by atoms with Crippen LogP contribution in [0.2, 0.25) is 5.02 Å². The van der Waals surface area contributed by atoms with Gasteiger partial charge in [0.15, 0.2) is 0 Å². The normalized spacial score (nSPS) is 12.6. The minimum Gasteiger partial charge on any atom is -0.365 e. The topological polar surface area (TPSA) is 15.3 Å². The van der Waals surface area contributed by atoms with E-state index in [1.807, 2.05) is 20.8 Å². The van der Waals surface area contributed by atoms with Crippen molar-refractivity contribution in [3.63, 3.8) is 0 Å². The first kappa shape index (κ1) is 17.1. The van der Waals surface area contributed by atoms with Gasteiger partial charge in [-0.15, -0.1) is 0 Å². The second-order valence-electron chi connectivity index (χ2n) is 5.85. The van der Waals surface area contributed by atoms with Crippen LogP contribution in [0.25, 0.3) is 0 Å². The van der Waals surface area contributed by atoms with Crippen LogP contribution in [0.15, 0.2) is 18.2 Å². The largest absolute Gasteiger partial charge is 0.405 e. The van der Waals surface area contributed by atoms with E-state index in [0.717, 1.165) is 5.56 Å². The van der Waals surface area contributed by atoms with Crippen LogP contribution < -0.4 is 10.2 Å². The van der Waals surface area contributed by atoms with E-state index in [1.54, 1.807) is 18.2 Å². The summed E-state index contributed by atoms with van der Waals surface area (Å²) in [5.41, 5.74) is 1.17. The summed E-state index contributed by atoms with van der Waals surface area (Å²) < 4.78 is 37.5. The number of nitrogens with zero attached hydrogens (tertiary/aromatic N) is 1. The predicted molar refractivity (Wildman–Crippen MR) is 77.4 cm³/mol. The summed E-state index contributed by atoms with van der Waals surface area (Å²) >= 11 is 5.89. The molecule has 0 saturated carbocycles. The van der Waals surface area contributed by atoms with Crippen LogP contribution in [0.4, 0.5) is 18.9 Å². The van der Waals surface area contributed by atoms with E-state index >= 15 is 0 Å². The average Bonchev–Trinajstić information content (AvgIpc) is 2.23. The fourth-order valence-corrected chi connectivity index (χ4v) is 1.92. The van der Waals surface area contributed by atoms with Gasteiger partial charge in [-0.1, -0.05) is 17.7 Å². The molecule has 0 aliphatic heterocycles. The van der Waals surface area contributed by atoms with Crippen molar-refractivity contribution in [2.75, 3.05) is 18.5 Å². The quantitative estimate of drug-likeness (QED) is 0.895. The van der Waals surface area contributed by atoms with Crippen LogP contribution in [0.1, 0.15) is 26.3 Å². The molecule has 114 valence electrons. The maximum atomic E-state index is 12.5. The van der Waals surface area contributed by atoms with Gasteiger partial charge in [0.25, 0.3) is 0 Å². The molecule has 6 heteroatoms. The first-order chi connectivity index (χ1) is 8.98. The molecule has 0 saturated heterocycles. The van der Waals surface area contributed by atoms with Crippen molar-refractivity contribution >= 4 is 17.3 Å². The van der Waals surface area contributed by atoms with Gasteiger partial charge in [0.2, 0.25) is 0 Å². The Morgan fingerprint density at radius 2 is 1.80 bits per heavy atom. The Bertz CT molecular complexity index is 453. The van der Waals surface area contributed by atoms with Crippen LogP contribution in [0, 0.1) is 0 Å². The van der Waals surface area contributed by atoms with Crippen LogP contribution in [-0.4, -0.2) is 25.3 Å². The summed E-state index contributed by atoms with van der Waals surface area (Å²) in [5, 5.41) is 3.69. The van der Waals surface area contributed by atoms with Crippen LogP contribution in [0.5, 0.6) is 0 Å². The van der Waals surface area contributed by atoms with Crippen molar-refractivity contribution in [3.8, 4) is 0 Å². The molecule has 1 aromatic rings. The molecule has 0 atom stereocenters. The molecule has 2 nitrogen and oxygen atoms in total. The highest BCUT2D eigenvalue weighted by Crippen LogP contribution is 2.27. The molecule has 1 aromatic carbocycles. The number of anilines is 1. The van der Waals surface area contributed by atoms with Gasteiger partial charge < -0.3 is 10.2 Å².